The first-order valence-electron chi connectivity index (χ1n) is 34.7. The third-order valence-electron chi connectivity index (χ3n) is 15.8. The number of rotatable bonds is 60. The van der Waals surface area contributed by atoms with E-state index in [-0.39, 0.29) is 83.6 Å². The Balaban J connectivity index is 0.997. The lowest BCUT2D eigenvalue weighted by Crippen LogP contribution is -2.38. The number of hydrazine groups is 2. The second kappa shape index (κ2) is 50.9. The summed E-state index contributed by atoms with van der Waals surface area (Å²) in [6.45, 7) is 4.46. The van der Waals surface area contributed by atoms with Crippen LogP contribution in [0.5, 0.6) is 0 Å². The fraction of sp³-hybridized carbons (Fsp3) is 0.785. The molecule has 1 saturated heterocycles. The summed E-state index contributed by atoms with van der Waals surface area (Å²) in [5.74, 6) is -1.10. The summed E-state index contributed by atoms with van der Waals surface area (Å²) in [5.41, 5.74) is 13.8. The number of carbonyl (C=O) groups excluding carboxylic acids is 3. The number of hydrogen-bond acceptors (Lipinski definition) is 22. The van der Waals surface area contributed by atoms with Crippen molar-refractivity contribution in [1.82, 2.24) is 40.8 Å². The van der Waals surface area contributed by atoms with Crippen LogP contribution in [-0.4, -0.2) is 148 Å². The molecule has 2 aliphatic rings. The Morgan fingerprint density at radius 2 is 1.24 bits per heavy atom. The maximum atomic E-state index is 12.9. The molecule has 28 heteroatoms. The van der Waals surface area contributed by atoms with Crippen LogP contribution in [0.2, 0.25) is 0 Å². The molecule has 93 heavy (non-hydrogen) atoms. The number of allylic oxidation sites excluding steroid dienone is 5. The molecule has 1 fully saturated rings. The van der Waals surface area contributed by atoms with Gasteiger partial charge < -0.3 is 55.1 Å². The maximum absolute atomic E-state index is 12.9. The van der Waals surface area contributed by atoms with E-state index < -0.39 is 58.7 Å². The number of hydrogen-bond donors (Lipinski definition) is 7. The molecule has 0 aromatic carbocycles. The maximum Gasteiger partial charge on any atom is 0.472 e. The van der Waals surface area contributed by atoms with Crippen LogP contribution in [0.25, 0.3) is 11.2 Å². The van der Waals surface area contributed by atoms with Gasteiger partial charge in [-0.05, 0) is 83.5 Å². The second-order valence-corrected chi connectivity index (χ2v) is 26.8. The number of nitrogens with one attached hydrogen (secondary N) is 3. The summed E-state index contributed by atoms with van der Waals surface area (Å²) in [4.78, 5) is 71.1. The number of anilines is 1. The molecule has 4 heterocycles. The minimum Gasteiger partial charge on any atom is -0.462 e. The lowest BCUT2D eigenvalue weighted by molar-refractivity contribution is -0.161. The van der Waals surface area contributed by atoms with Gasteiger partial charge >= 0.3 is 27.6 Å². The highest BCUT2D eigenvalue weighted by Gasteiger charge is 2.38. The van der Waals surface area contributed by atoms with E-state index in [1.807, 2.05) is 11.2 Å². The van der Waals surface area contributed by atoms with E-state index >= 15 is 0 Å². The molecular weight excluding hydrogens is 1240 g/mol. The molecule has 0 radical (unpaired) electrons. The summed E-state index contributed by atoms with van der Waals surface area (Å²) in [7, 11) is -9.05. The van der Waals surface area contributed by atoms with Crippen molar-refractivity contribution in [3.05, 3.63) is 48.9 Å². The van der Waals surface area contributed by atoms with Crippen molar-refractivity contribution in [3.63, 3.8) is 0 Å². The summed E-state index contributed by atoms with van der Waals surface area (Å²) in [6, 6.07) is 0. The number of unbranched alkanes of at least 4 members (excludes halogenated alkanes) is 24. The summed E-state index contributed by atoms with van der Waals surface area (Å²) in [5, 5.41) is 15.0. The van der Waals surface area contributed by atoms with Gasteiger partial charge in [0.25, 0.3) is 0 Å². The minimum absolute atomic E-state index is 0.00604. The van der Waals surface area contributed by atoms with Gasteiger partial charge in [-0.2, -0.15) is 0 Å². The molecular formula is C65H115N9O17P2. The number of aliphatic hydroxyl groups excluding tert-OH is 1. The second-order valence-electron chi connectivity index (χ2n) is 23.9. The number of amides is 1. The van der Waals surface area contributed by atoms with Gasteiger partial charge in [0.2, 0.25) is 5.91 Å². The Morgan fingerprint density at radius 3 is 1.88 bits per heavy atom. The zero-order valence-corrected chi connectivity index (χ0v) is 57.7. The van der Waals surface area contributed by atoms with Crippen molar-refractivity contribution in [1.29, 1.82) is 0 Å². The Morgan fingerprint density at radius 1 is 0.667 bits per heavy atom. The van der Waals surface area contributed by atoms with Gasteiger partial charge in [0.1, 0.15) is 30.8 Å². The van der Waals surface area contributed by atoms with Crippen LogP contribution in [0.15, 0.2) is 48.9 Å². The number of nitrogen functional groups attached to an aromatic ring is 1. The van der Waals surface area contributed by atoms with Crippen molar-refractivity contribution in [2.75, 3.05) is 78.3 Å². The monoisotopic (exact) mass is 1360 g/mol. The quantitative estimate of drug-likeness (QED) is 0.0140. The van der Waals surface area contributed by atoms with Crippen LogP contribution in [-0.2, 0) is 65.3 Å². The molecule has 0 bridgehead atoms. The van der Waals surface area contributed by atoms with Crippen molar-refractivity contribution in [2.24, 2.45) is 0 Å². The van der Waals surface area contributed by atoms with Crippen molar-refractivity contribution in [3.8, 4) is 0 Å². The molecule has 0 aliphatic carbocycles. The van der Waals surface area contributed by atoms with E-state index in [1.54, 1.807) is 4.57 Å². The lowest BCUT2D eigenvalue weighted by Gasteiger charge is -2.20. The number of phosphoric ester groups is 2. The average molecular weight is 1360 g/mol. The van der Waals surface area contributed by atoms with E-state index in [4.69, 9.17) is 47.5 Å². The van der Waals surface area contributed by atoms with Crippen LogP contribution in [0.4, 0.5) is 5.82 Å². The van der Waals surface area contributed by atoms with Gasteiger partial charge in [-0.1, -0.05) is 147 Å². The first kappa shape index (κ1) is 81.0. The molecule has 8 N–H and O–H groups in total. The number of esters is 2. The number of ether oxygens (including phenoxy) is 5. The highest BCUT2D eigenvalue weighted by atomic mass is 31.2. The first-order valence-corrected chi connectivity index (χ1v) is 37.7. The van der Waals surface area contributed by atoms with E-state index in [0.29, 0.717) is 50.2 Å². The fourth-order valence-electron chi connectivity index (χ4n) is 10.3. The molecule has 2 aromatic heterocycles. The Kier molecular flexibility index (Phi) is 44.4. The first-order chi connectivity index (χ1) is 45.2. The van der Waals surface area contributed by atoms with Crippen molar-refractivity contribution < 1.29 is 80.2 Å². The third-order valence-corrected chi connectivity index (χ3v) is 17.7. The summed E-state index contributed by atoms with van der Waals surface area (Å²) >= 11 is 0. The molecule has 0 spiro atoms. The smallest absolute Gasteiger partial charge is 0.462 e. The fourth-order valence-corrected chi connectivity index (χ4v) is 11.9. The normalized spacial score (nSPS) is 17.5. The molecule has 0 saturated carbocycles. The van der Waals surface area contributed by atoms with Gasteiger partial charge in [0.05, 0.1) is 71.8 Å². The molecule has 4 rings (SSSR count). The standard InChI is InChI=1S/C65H115N9O17P2/c1-3-5-7-9-11-13-15-17-19-21-23-25-27-29-33-37-61(77)85-50-56(90-62(78)38-34-30-28-26-24-22-20-18-16-14-12-10-8-6-4-2)51-88-93(81,82)87-44-40-67-59(76)39-43-83-46-47-84-45-41-73-49-55(71-72-73)36-32-31-35-42-86-92(79,80)89-52-58-57(75)48-60(91-58)74-54-70-63-64(66)68-53-69-65(63)74/h17-20,49,53-54,56-58,60,71-72,75H,3-16,21-48,50-52H2,1-2H3,(H,67,76)(H,79,80)(H,81,82)(H2,66,68,69)/b19-17-,20-18-/t56?,57?,58-,60-/m1/s1. The molecule has 6 atom stereocenters. The van der Waals surface area contributed by atoms with Crippen LogP contribution in [0.1, 0.15) is 238 Å². The van der Waals surface area contributed by atoms with Crippen molar-refractivity contribution >= 4 is 50.5 Å². The molecule has 2 aromatic rings. The van der Waals surface area contributed by atoms with Gasteiger partial charge in [0.15, 0.2) is 17.6 Å². The molecule has 1 amide bonds. The van der Waals surface area contributed by atoms with Gasteiger partial charge in [-0.15, -0.1) is 5.53 Å². The van der Waals surface area contributed by atoms with E-state index in [9.17, 15) is 38.4 Å². The number of nitrogens with zero attached hydrogens (tertiary/aromatic N) is 5. The zero-order chi connectivity index (χ0) is 66.9. The zero-order valence-electron chi connectivity index (χ0n) is 55.9. The third kappa shape index (κ3) is 39.4. The molecule has 26 nitrogen and oxygen atoms in total. The summed E-state index contributed by atoms with van der Waals surface area (Å²) < 4.78 is 75.8. The van der Waals surface area contributed by atoms with E-state index in [2.05, 4.69) is 69.4 Å². The van der Waals surface area contributed by atoms with Gasteiger partial charge in [0, 0.05) is 44.1 Å². The SMILES string of the molecule is CCCCCCCC/C=C\CCCCCCCC(=O)OCC(COP(=O)(O)OCCNC(=O)CCOCCOCCN1C=C(CCCCCOP(=O)(O)OC[C@H]2O[C@@H](n3cnc4c(N)ncnc43)CC2O)NN1)OC(=O)CCCCCCC/C=C\CCCCCCCC. The summed E-state index contributed by atoms with van der Waals surface area (Å²) in [6.07, 6.45) is 43.1. The lowest BCUT2D eigenvalue weighted by atomic mass is 10.1. The van der Waals surface area contributed by atoms with Gasteiger partial charge in [-0.25, -0.2) is 24.1 Å². The van der Waals surface area contributed by atoms with Gasteiger partial charge in [-0.3, -0.25) is 42.1 Å². The van der Waals surface area contributed by atoms with Crippen LogP contribution in [0.3, 0.4) is 0 Å². The molecule has 532 valence electrons. The van der Waals surface area contributed by atoms with E-state index in [1.165, 1.54) is 89.7 Å². The number of nitrogens with two attached hydrogens (primary N) is 1. The number of aliphatic hydroxyl groups is 1. The predicted molar refractivity (Wildman–Crippen MR) is 356 cm³/mol. The minimum atomic E-state index is -4.65. The Bertz CT molecular complexity index is 2510. The highest BCUT2D eigenvalue weighted by Crippen LogP contribution is 2.45. The van der Waals surface area contributed by atoms with Crippen LogP contribution < -0.4 is 22.0 Å². The number of carbonyl (C=O) groups is 3. The number of aromatic nitrogens is 4. The average Bonchev–Trinajstić information content (AvgIpc) is 1.65. The molecule has 4 unspecified atom stereocenters. The Hall–Kier alpha value is -4.40. The predicted octanol–water partition coefficient (Wildman–Crippen LogP) is 12.1. The van der Waals surface area contributed by atoms with Crippen LogP contribution in [0, 0.1) is 0 Å². The topological polar surface area (TPSA) is 338 Å². The highest BCUT2D eigenvalue weighted by molar-refractivity contribution is 7.47. The molecule has 2 aliphatic heterocycles. The number of imidazole rings is 1. The number of fused-ring (bicyclic) bond motifs is 1. The van der Waals surface area contributed by atoms with Crippen LogP contribution >= 0.6 is 15.6 Å². The number of phosphoric acid groups is 2. The van der Waals surface area contributed by atoms with Crippen molar-refractivity contribution in [2.45, 2.75) is 257 Å². The Labute approximate surface area is 553 Å². The van der Waals surface area contributed by atoms with E-state index in [0.717, 1.165) is 102 Å². The largest absolute Gasteiger partial charge is 0.472 e.